The Hall–Kier alpha value is -1.99. The van der Waals surface area contributed by atoms with Crippen molar-refractivity contribution in [1.82, 2.24) is 0 Å². The summed E-state index contributed by atoms with van der Waals surface area (Å²) in [6, 6.07) is 0.596. The predicted octanol–water partition coefficient (Wildman–Crippen LogP) is 9.10. The molecule has 0 heterocycles. The molecule has 5 N–H and O–H groups in total. The van der Waals surface area contributed by atoms with Crippen LogP contribution in [-0.2, 0) is 14.2 Å². The Bertz CT molecular complexity index is 622. The van der Waals surface area contributed by atoms with Crippen molar-refractivity contribution in [3.63, 3.8) is 0 Å². The molecule has 8 heteroatoms. The maximum absolute atomic E-state index is 7.29. The zero-order valence-electron chi connectivity index (χ0n) is 29.4. The van der Waals surface area contributed by atoms with Crippen LogP contribution < -0.4 is 11.5 Å². The highest BCUT2D eigenvalue weighted by atomic mass is 16.5. The molecule has 0 spiro atoms. The van der Waals surface area contributed by atoms with Crippen molar-refractivity contribution in [2.24, 2.45) is 39.2 Å². The van der Waals surface area contributed by atoms with Crippen LogP contribution >= 0.6 is 0 Å². The fourth-order valence-electron chi connectivity index (χ4n) is 4.01. The monoisotopic (exact) mass is 600 g/mol. The molecule has 0 unspecified atom stereocenters. The normalized spacial score (nSPS) is 11.6. The van der Waals surface area contributed by atoms with Crippen LogP contribution in [0.2, 0.25) is 0 Å². The maximum Gasteiger partial charge on any atom is 0.281 e. The second-order valence-electron chi connectivity index (χ2n) is 12.4. The molecule has 0 aromatic heterocycles. The van der Waals surface area contributed by atoms with E-state index in [0.29, 0.717) is 17.9 Å². The van der Waals surface area contributed by atoms with Crippen molar-refractivity contribution in [3.05, 3.63) is 0 Å². The number of methoxy groups -OCH3 is 3. The van der Waals surface area contributed by atoms with E-state index in [2.05, 4.69) is 51.5 Å². The number of amidine groups is 2. The third-order valence-electron chi connectivity index (χ3n) is 6.76. The molecule has 0 amide bonds. The number of unbranched alkanes of at least 4 members (excludes halogenated alkanes) is 10. The van der Waals surface area contributed by atoms with Gasteiger partial charge < -0.3 is 25.7 Å². The molecule has 0 saturated heterocycles. The first-order valence-electron chi connectivity index (χ1n) is 16.8. The number of nitrogens with two attached hydrogens (primary N) is 2. The summed E-state index contributed by atoms with van der Waals surface area (Å²) in [5.74, 6) is 2.92. The summed E-state index contributed by atoms with van der Waals surface area (Å²) >= 11 is 0. The van der Waals surface area contributed by atoms with Crippen LogP contribution in [0.4, 0.5) is 0 Å². The summed E-state index contributed by atoms with van der Waals surface area (Å²) in [6.45, 7) is 15.2. The average Bonchev–Trinajstić information content (AvgIpc) is 2.95. The molecule has 0 radical (unpaired) electrons. The topological polar surface area (TPSA) is 128 Å². The number of aliphatic imine (C=N–C) groups is 2. The van der Waals surface area contributed by atoms with E-state index < -0.39 is 0 Å². The molecule has 42 heavy (non-hydrogen) atoms. The van der Waals surface area contributed by atoms with Gasteiger partial charge in [-0.05, 0) is 37.0 Å². The Kier molecular flexibility index (Phi) is 37.3. The Morgan fingerprint density at radius 2 is 0.810 bits per heavy atom. The van der Waals surface area contributed by atoms with Gasteiger partial charge in [0.05, 0.1) is 21.3 Å². The lowest BCUT2D eigenvalue weighted by atomic mass is 10.0. The molecule has 0 bridgehead atoms. The third kappa shape index (κ3) is 45.0. The van der Waals surface area contributed by atoms with Gasteiger partial charge in [-0.2, -0.15) is 0 Å². The number of nitrogens with zero attached hydrogens (tertiary/aromatic N) is 2. The number of ether oxygens (including phenoxy) is 3. The van der Waals surface area contributed by atoms with Crippen LogP contribution in [0.1, 0.15) is 151 Å². The van der Waals surface area contributed by atoms with Crippen molar-refractivity contribution in [3.8, 4) is 0 Å². The Morgan fingerprint density at radius 3 is 1.14 bits per heavy atom. The van der Waals surface area contributed by atoms with Crippen molar-refractivity contribution >= 4 is 17.9 Å². The molecule has 0 aromatic carbocycles. The minimum Gasteiger partial charge on any atom is -0.484 e. The van der Waals surface area contributed by atoms with E-state index in [1.54, 1.807) is 14.2 Å². The van der Waals surface area contributed by atoms with Gasteiger partial charge in [0.25, 0.3) is 12.0 Å². The third-order valence-corrected chi connectivity index (χ3v) is 6.76. The van der Waals surface area contributed by atoms with E-state index in [4.69, 9.17) is 31.1 Å². The lowest BCUT2D eigenvalue weighted by molar-refractivity contribution is 0.382. The molecule has 0 rings (SSSR count). The van der Waals surface area contributed by atoms with Gasteiger partial charge in [-0.15, -0.1) is 0 Å². The van der Waals surface area contributed by atoms with Gasteiger partial charge in [-0.1, -0.05) is 125 Å². The molecule has 252 valence electrons. The van der Waals surface area contributed by atoms with Crippen LogP contribution in [0.3, 0.4) is 0 Å². The van der Waals surface area contributed by atoms with Crippen LogP contribution in [0.15, 0.2) is 9.98 Å². The quantitative estimate of drug-likeness (QED) is 0.0649. The van der Waals surface area contributed by atoms with Crippen molar-refractivity contribution in [1.29, 1.82) is 5.41 Å². The molecule has 0 saturated carbocycles. The Morgan fingerprint density at radius 1 is 0.500 bits per heavy atom. The number of nitrogens with one attached hydrogen (secondary N) is 1. The average molecular weight is 600 g/mol. The van der Waals surface area contributed by atoms with E-state index in [1.807, 2.05) is 0 Å². The smallest absolute Gasteiger partial charge is 0.281 e. The molecule has 0 aliphatic rings. The minimum absolute atomic E-state index is 0.295. The number of rotatable bonds is 22. The van der Waals surface area contributed by atoms with Gasteiger partial charge in [0.1, 0.15) is 0 Å². The highest BCUT2D eigenvalue weighted by molar-refractivity contribution is 5.72. The first kappa shape index (κ1) is 44.5. The van der Waals surface area contributed by atoms with E-state index in [0.717, 1.165) is 56.5 Å². The molecular weight excluding hydrogens is 526 g/mol. The first-order chi connectivity index (χ1) is 20.0. The predicted molar refractivity (Wildman–Crippen MR) is 185 cm³/mol. The summed E-state index contributed by atoms with van der Waals surface area (Å²) in [6.07, 6.45) is 21.2. The fraction of sp³-hybridized carbons (Fsp3) is 0.912. The summed E-state index contributed by atoms with van der Waals surface area (Å²) in [4.78, 5) is 8.09. The van der Waals surface area contributed by atoms with E-state index in [1.165, 1.54) is 90.6 Å². The summed E-state index contributed by atoms with van der Waals surface area (Å²) in [7, 11) is 4.66. The van der Waals surface area contributed by atoms with Gasteiger partial charge in [0.2, 0.25) is 0 Å². The largest absolute Gasteiger partial charge is 0.484 e. The molecule has 8 nitrogen and oxygen atoms in total. The van der Waals surface area contributed by atoms with Crippen LogP contribution in [0.5, 0.6) is 0 Å². The molecule has 0 aliphatic carbocycles. The van der Waals surface area contributed by atoms with Crippen molar-refractivity contribution in [2.75, 3.05) is 34.4 Å². The van der Waals surface area contributed by atoms with Gasteiger partial charge in [-0.3, -0.25) is 5.41 Å². The molecule has 0 aliphatic heterocycles. The van der Waals surface area contributed by atoms with Gasteiger partial charge in [0.15, 0.2) is 5.90 Å². The summed E-state index contributed by atoms with van der Waals surface area (Å²) in [5.41, 5.74) is 10.8. The summed E-state index contributed by atoms with van der Waals surface area (Å²) < 4.78 is 14.3. The molecule has 0 aromatic rings. The zero-order chi connectivity index (χ0) is 32.4. The number of hydrogen-bond acceptors (Lipinski definition) is 6. The fourth-order valence-corrected chi connectivity index (χ4v) is 4.01. The maximum atomic E-state index is 7.29. The zero-order valence-corrected chi connectivity index (χ0v) is 29.4. The van der Waals surface area contributed by atoms with Crippen molar-refractivity contribution in [2.45, 2.75) is 151 Å². The van der Waals surface area contributed by atoms with Gasteiger partial charge >= 0.3 is 0 Å². The SMILES string of the molecule is COC(=N)CCCCCCCC(C)C.COC(N)=NCCCCCC(C)C.COC(N)=NCCCCCCCC(C)C. The lowest BCUT2D eigenvalue weighted by Crippen LogP contribution is -2.14. The van der Waals surface area contributed by atoms with E-state index >= 15 is 0 Å². The molecular formula is C34H73N5O3. The van der Waals surface area contributed by atoms with Crippen LogP contribution in [0, 0.1) is 23.2 Å². The first-order valence-corrected chi connectivity index (χ1v) is 16.8. The minimum atomic E-state index is 0.295. The van der Waals surface area contributed by atoms with E-state index in [9.17, 15) is 0 Å². The highest BCUT2D eigenvalue weighted by Gasteiger charge is 1.98. The van der Waals surface area contributed by atoms with E-state index in [-0.39, 0.29) is 0 Å². The van der Waals surface area contributed by atoms with Crippen LogP contribution in [0.25, 0.3) is 0 Å². The second-order valence-corrected chi connectivity index (χ2v) is 12.4. The van der Waals surface area contributed by atoms with Crippen LogP contribution in [-0.4, -0.2) is 52.4 Å². The van der Waals surface area contributed by atoms with Gasteiger partial charge in [-0.25, -0.2) is 9.98 Å². The lowest BCUT2D eigenvalue weighted by Gasteiger charge is -2.04. The second kappa shape index (κ2) is 35.2. The Labute approximate surface area is 261 Å². The molecule has 0 atom stereocenters. The highest BCUT2D eigenvalue weighted by Crippen LogP contribution is 2.12. The number of hydrogen-bond donors (Lipinski definition) is 3. The summed E-state index contributed by atoms with van der Waals surface area (Å²) in [5, 5.41) is 7.29. The Balaban J connectivity index is -0.000000545. The standard InChI is InChI=1S/C12H26N2O.C12H25NO.C10H22N2O/c1-11(2)9-7-5-4-6-8-10-14-12(13)15-3;1-11(2)9-7-5-4-6-8-10-12(13)14-3;1-9(2)7-5-4-6-8-12-10(11)13-3/h11H,4-10H2,1-3H3,(H2,13,14);11,13H,4-10H2,1-3H3;9H,4-8H2,1-3H3,(H2,11,12). The molecule has 0 fully saturated rings. The van der Waals surface area contributed by atoms with Crippen molar-refractivity contribution < 1.29 is 14.2 Å². The van der Waals surface area contributed by atoms with Gasteiger partial charge in [0, 0.05) is 19.5 Å².